The summed E-state index contributed by atoms with van der Waals surface area (Å²) in [7, 11) is 1.28. The third kappa shape index (κ3) is 3.93. The molecule has 0 bridgehead atoms. The number of benzene rings is 2. The zero-order valence-corrected chi connectivity index (χ0v) is 15.3. The lowest BCUT2D eigenvalue weighted by Crippen LogP contribution is -2.17. The predicted molar refractivity (Wildman–Crippen MR) is 104 cm³/mol. The molecule has 9 heteroatoms. The number of ether oxygens (including phenoxy) is 3. The van der Waals surface area contributed by atoms with Crippen LogP contribution in [0.15, 0.2) is 54.6 Å². The van der Waals surface area contributed by atoms with Crippen LogP contribution >= 0.6 is 0 Å². The molecule has 0 fully saturated rings. The molecule has 1 aliphatic heterocycles. The zero-order chi connectivity index (χ0) is 20.2. The summed E-state index contributed by atoms with van der Waals surface area (Å²) in [4.78, 5) is 24.3. The van der Waals surface area contributed by atoms with Gasteiger partial charge in [0.1, 0.15) is 0 Å². The molecule has 1 amide bonds. The Balaban J connectivity index is 1.45. The van der Waals surface area contributed by atoms with Gasteiger partial charge in [0.25, 0.3) is 5.91 Å². The first-order chi connectivity index (χ1) is 14.1. The number of aromatic nitrogens is 2. The number of hydrogen-bond acceptors (Lipinski definition) is 8. The van der Waals surface area contributed by atoms with Crippen LogP contribution in [0, 0.1) is 0 Å². The molecular weight excluding hydrogens is 376 g/mol. The van der Waals surface area contributed by atoms with Crippen molar-refractivity contribution in [2.75, 3.05) is 24.5 Å². The highest BCUT2D eigenvalue weighted by Crippen LogP contribution is 2.34. The maximum atomic E-state index is 12.5. The van der Waals surface area contributed by atoms with E-state index in [-0.39, 0.29) is 18.1 Å². The lowest BCUT2D eigenvalue weighted by atomic mass is 10.1. The molecule has 4 rings (SSSR count). The number of nitrogens with zero attached hydrogens (tertiary/aromatic N) is 2. The van der Waals surface area contributed by atoms with Crippen LogP contribution in [0.25, 0.3) is 0 Å². The van der Waals surface area contributed by atoms with Gasteiger partial charge in [-0.05, 0) is 36.4 Å². The molecule has 29 heavy (non-hydrogen) atoms. The Morgan fingerprint density at radius 2 is 1.83 bits per heavy atom. The van der Waals surface area contributed by atoms with Gasteiger partial charge in [0.2, 0.25) is 6.79 Å². The van der Waals surface area contributed by atoms with E-state index in [9.17, 15) is 9.59 Å². The molecule has 0 aliphatic carbocycles. The van der Waals surface area contributed by atoms with E-state index in [2.05, 4.69) is 20.8 Å². The van der Waals surface area contributed by atoms with Crippen LogP contribution in [0.5, 0.6) is 11.5 Å². The number of rotatable bonds is 5. The zero-order valence-electron chi connectivity index (χ0n) is 15.3. The maximum Gasteiger partial charge on any atom is 0.339 e. The normalized spacial score (nSPS) is 11.6. The number of amides is 1. The Morgan fingerprint density at radius 1 is 1.00 bits per heavy atom. The van der Waals surface area contributed by atoms with Crippen molar-refractivity contribution < 1.29 is 23.8 Å². The molecule has 2 N–H and O–H groups in total. The number of esters is 1. The molecule has 0 unspecified atom stereocenters. The number of fused-ring (bicyclic) bond motifs is 1. The summed E-state index contributed by atoms with van der Waals surface area (Å²) in [5.41, 5.74) is 1.42. The quantitative estimate of drug-likeness (QED) is 0.638. The lowest BCUT2D eigenvalue weighted by molar-refractivity contribution is 0.0602. The first-order valence-corrected chi connectivity index (χ1v) is 8.63. The Hall–Kier alpha value is -4.14. The van der Waals surface area contributed by atoms with Gasteiger partial charge in [0.05, 0.1) is 18.4 Å². The molecule has 1 aliphatic rings. The van der Waals surface area contributed by atoms with E-state index in [1.807, 2.05) is 6.07 Å². The number of methoxy groups -OCH3 is 1. The number of nitrogens with one attached hydrogen (secondary N) is 2. The highest BCUT2D eigenvalue weighted by atomic mass is 16.7. The van der Waals surface area contributed by atoms with Crippen molar-refractivity contribution >= 4 is 29.1 Å². The summed E-state index contributed by atoms with van der Waals surface area (Å²) in [6.45, 7) is 0.196. The molecule has 0 saturated heterocycles. The monoisotopic (exact) mass is 392 g/mol. The average Bonchev–Trinajstić information content (AvgIpc) is 3.22. The Bertz CT molecular complexity index is 1070. The summed E-state index contributed by atoms with van der Waals surface area (Å²) >= 11 is 0. The molecule has 0 spiro atoms. The Morgan fingerprint density at radius 3 is 2.62 bits per heavy atom. The second kappa shape index (κ2) is 7.85. The van der Waals surface area contributed by atoms with E-state index >= 15 is 0 Å². The van der Waals surface area contributed by atoms with Crippen molar-refractivity contribution in [2.45, 2.75) is 0 Å². The van der Waals surface area contributed by atoms with Gasteiger partial charge in [-0.25, -0.2) is 4.79 Å². The van der Waals surface area contributed by atoms with Gasteiger partial charge in [0, 0.05) is 11.8 Å². The van der Waals surface area contributed by atoms with Crippen LogP contribution < -0.4 is 20.1 Å². The topological polar surface area (TPSA) is 112 Å². The average molecular weight is 392 g/mol. The van der Waals surface area contributed by atoms with Crippen molar-refractivity contribution in [3.8, 4) is 11.5 Å². The fraction of sp³-hybridized carbons (Fsp3) is 0.100. The molecular formula is C20H16N4O5. The van der Waals surface area contributed by atoms with Gasteiger partial charge in [-0.15, -0.1) is 10.2 Å². The molecule has 146 valence electrons. The van der Waals surface area contributed by atoms with E-state index in [0.29, 0.717) is 23.0 Å². The van der Waals surface area contributed by atoms with Crippen LogP contribution in [0.4, 0.5) is 17.2 Å². The Labute approximate surface area is 165 Å². The van der Waals surface area contributed by atoms with E-state index in [4.69, 9.17) is 14.2 Å². The third-order valence-electron chi connectivity index (χ3n) is 4.12. The van der Waals surface area contributed by atoms with Crippen LogP contribution in [0.1, 0.15) is 20.8 Å². The van der Waals surface area contributed by atoms with Crippen LogP contribution in [-0.2, 0) is 4.74 Å². The van der Waals surface area contributed by atoms with Gasteiger partial charge in [-0.2, -0.15) is 0 Å². The van der Waals surface area contributed by atoms with Crippen LogP contribution in [0.3, 0.4) is 0 Å². The number of carbonyl (C=O) groups excluding carboxylic acids is 2. The van der Waals surface area contributed by atoms with E-state index in [1.54, 1.807) is 42.5 Å². The minimum atomic E-state index is -0.546. The van der Waals surface area contributed by atoms with Gasteiger partial charge in [0.15, 0.2) is 23.0 Å². The number of para-hydroxylation sites is 1. The fourth-order valence-electron chi connectivity index (χ4n) is 2.71. The summed E-state index contributed by atoms with van der Waals surface area (Å²) in [5, 5.41) is 13.7. The minimum absolute atomic E-state index is 0.0981. The van der Waals surface area contributed by atoms with Crippen molar-refractivity contribution in [2.24, 2.45) is 0 Å². The highest BCUT2D eigenvalue weighted by Gasteiger charge is 2.16. The number of hydrogen-bond donors (Lipinski definition) is 2. The fourth-order valence-corrected chi connectivity index (χ4v) is 2.71. The van der Waals surface area contributed by atoms with Crippen molar-refractivity contribution in [1.82, 2.24) is 10.2 Å². The molecule has 3 aromatic rings. The largest absolute Gasteiger partial charge is 0.465 e. The Kier molecular flexibility index (Phi) is 4.93. The molecule has 2 aromatic carbocycles. The van der Waals surface area contributed by atoms with Gasteiger partial charge < -0.3 is 24.8 Å². The van der Waals surface area contributed by atoms with Gasteiger partial charge in [-0.3, -0.25) is 4.79 Å². The molecule has 0 saturated carbocycles. The van der Waals surface area contributed by atoms with E-state index in [0.717, 1.165) is 5.69 Å². The smallest absolute Gasteiger partial charge is 0.339 e. The van der Waals surface area contributed by atoms with E-state index in [1.165, 1.54) is 13.2 Å². The SMILES string of the molecule is COC(=O)c1ccccc1NC(=O)c1ccc(Nc2ccc3c(c2)OCO3)nn1. The first kappa shape index (κ1) is 18.2. The number of anilines is 3. The summed E-state index contributed by atoms with van der Waals surface area (Å²) in [5.74, 6) is 0.734. The first-order valence-electron chi connectivity index (χ1n) is 8.63. The van der Waals surface area contributed by atoms with Crippen LogP contribution in [-0.4, -0.2) is 36.0 Å². The van der Waals surface area contributed by atoms with Crippen molar-refractivity contribution in [3.63, 3.8) is 0 Å². The summed E-state index contributed by atoms with van der Waals surface area (Å²) < 4.78 is 15.3. The van der Waals surface area contributed by atoms with Gasteiger partial charge in [-0.1, -0.05) is 12.1 Å². The second-order valence-electron chi connectivity index (χ2n) is 5.99. The molecule has 0 radical (unpaired) electrons. The molecule has 2 heterocycles. The minimum Gasteiger partial charge on any atom is -0.465 e. The van der Waals surface area contributed by atoms with Crippen molar-refractivity contribution in [1.29, 1.82) is 0 Å². The third-order valence-corrected chi connectivity index (χ3v) is 4.12. The molecule has 0 atom stereocenters. The van der Waals surface area contributed by atoms with Gasteiger partial charge >= 0.3 is 5.97 Å². The lowest BCUT2D eigenvalue weighted by Gasteiger charge is -2.09. The second-order valence-corrected chi connectivity index (χ2v) is 5.99. The number of carbonyl (C=O) groups is 2. The van der Waals surface area contributed by atoms with Crippen LogP contribution in [0.2, 0.25) is 0 Å². The predicted octanol–water partition coefficient (Wildman–Crippen LogP) is 2.99. The molecule has 1 aromatic heterocycles. The summed E-state index contributed by atoms with van der Waals surface area (Å²) in [6.07, 6.45) is 0. The molecule has 9 nitrogen and oxygen atoms in total. The maximum absolute atomic E-state index is 12.5. The van der Waals surface area contributed by atoms with Crippen molar-refractivity contribution in [3.05, 3.63) is 65.9 Å². The summed E-state index contributed by atoms with van der Waals surface area (Å²) in [6, 6.07) is 15.1. The standard InChI is InChI=1S/C20H16N4O5/c1-27-20(26)13-4-2-3-5-14(13)22-19(25)15-7-9-18(24-23-15)21-12-6-8-16-17(10-12)29-11-28-16/h2-10H,11H2,1H3,(H,21,24)(H,22,25). The highest BCUT2D eigenvalue weighted by molar-refractivity contribution is 6.07. The van der Waals surface area contributed by atoms with E-state index < -0.39 is 11.9 Å².